The van der Waals surface area contributed by atoms with Crippen LogP contribution in [0, 0.1) is 11.8 Å². The van der Waals surface area contributed by atoms with Gasteiger partial charge in [0.2, 0.25) is 11.8 Å². The molecule has 1 N–H and O–H groups in total. The van der Waals surface area contributed by atoms with Crippen LogP contribution in [-0.4, -0.2) is 37.4 Å². The van der Waals surface area contributed by atoms with Gasteiger partial charge in [0.25, 0.3) is 0 Å². The van der Waals surface area contributed by atoms with Gasteiger partial charge >= 0.3 is 0 Å². The lowest BCUT2D eigenvalue weighted by atomic mass is 9.85. The van der Waals surface area contributed by atoms with Crippen molar-refractivity contribution in [1.29, 1.82) is 0 Å². The molecule has 33 heavy (non-hydrogen) atoms. The highest BCUT2D eigenvalue weighted by atomic mass is 16.2. The van der Waals surface area contributed by atoms with Crippen LogP contribution in [0.1, 0.15) is 63.5 Å². The van der Waals surface area contributed by atoms with Crippen LogP contribution in [0.3, 0.4) is 0 Å². The summed E-state index contributed by atoms with van der Waals surface area (Å²) in [7, 11) is 4.03. The standard InChI is InChI=1S/C28H39N3O2/c1-6-25(21-11-8-7-9-12-21)28(33)31(18-20(2)3)19-23-17-24(15-16-26(23)30(4)5)29-27(32)22-13-10-14-22/h7-9,11-12,15-17,20,22,25H,6,10,13-14,18-19H2,1-5H3,(H,29,32)/t25-/m0/s1. The van der Waals surface area contributed by atoms with E-state index in [0.717, 1.165) is 48.2 Å². The molecular formula is C28H39N3O2. The average molecular weight is 450 g/mol. The van der Waals surface area contributed by atoms with E-state index in [2.05, 4.69) is 31.0 Å². The summed E-state index contributed by atoms with van der Waals surface area (Å²) in [5, 5.41) is 3.09. The number of hydrogen-bond acceptors (Lipinski definition) is 3. The zero-order chi connectivity index (χ0) is 24.0. The molecule has 0 heterocycles. The highest BCUT2D eigenvalue weighted by Gasteiger charge is 2.27. The lowest BCUT2D eigenvalue weighted by Gasteiger charge is -2.31. The zero-order valence-electron chi connectivity index (χ0n) is 20.8. The zero-order valence-corrected chi connectivity index (χ0v) is 20.8. The van der Waals surface area contributed by atoms with Crippen molar-refractivity contribution in [2.24, 2.45) is 11.8 Å². The van der Waals surface area contributed by atoms with E-state index in [9.17, 15) is 9.59 Å². The van der Waals surface area contributed by atoms with Gasteiger partial charge in [-0.05, 0) is 54.5 Å². The number of nitrogens with one attached hydrogen (secondary N) is 1. The van der Waals surface area contributed by atoms with Gasteiger partial charge in [0.15, 0.2) is 0 Å². The normalized spacial score (nSPS) is 14.5. The van der Waals surface area contributed by atoms with Gasteiger partial charge in [-0.25, -0.2) is 0 Å². The summed E-state index contributed by atoms with van der Waals surface area (Å²) in [5.41, 5.74) is 3.97. The first kappa shape index (κ1) is 24.8. The van der Waals surface area contributed by atoms with Crippen LogP contribution >= 0.6 is 0 Å². The summed E-state index contributed by atoms with van der Waals surface area (Å²) < 4.78 is 0. The molecular weight excluding hydrogens is 410 g/mol. The second kappa shape index (κ2) is 11.4. The van der Waals surface area contributed by atoms with Gasteiger partial charge in [0, 0.05) is 44.5 Å². The molecule has 0 spiro atoms. The summed E-state index contributed by atoms with van der Waals surface area (Å²) in [6.07, 6.45) is 3.84. The van der Waals surface area contributed by atoms with Crippen molar-refractivity contribution in [3.05, 3.63) is 59.7 Å². The summed E-state index contributed by atoms with van der Waals surface area (Å²) in [6.45, 7) is 7.57. The predicted molar refractivity (Wildman–Crippen MR) is 136 cm³/mol. The smallest absolute Gasteiger partial charge is 0.230 e. The number of carbonyl (C=O) groups is 2. The fraction of sp³-hybridized carbons (Fsp3) is 0.500. The van der Waals surface area contributed by atoms with E-state index in [-0.39, 0.29) is 23.7 Å². The Hall–Kier alpha value is -2.82. The highest BCUT2D eigenvalue weighted by molar-refractivity contribution is 5.93. The Labute approximate surface area is 199 Å². The molecule has 0 aliphatic heterocycles. The molecule has 3 rings (SSSR count). The van der Waals surface area contributed by atoms with E-state index in [1.165, 1.54) is 0 Å². The second-order valence-corrected chi connectivity index (χ2v) is 9.84. The Morgan fingerprint density at radius 3 is 2.30 bits per heavy atom. The Bertz CT molecular complexity index is 935. The molecule has 1 fully saturated rings. The van der Waals surface area contributed by atoms with Gasteiger partial charge in [-0.1, -0.05) is 57.5 Å². The molecule has 0 unspecified atom stereocenters. The fourth-order valence-corrected chi connectivity index (χ4v) is 4.48. The van der Waals surface area contributed by atoms with Gasteiger partial charge in [-0.3, -0.25) is 9.59 Å². The van der Waals surface area contributed by atoms with Gasteiger partial charge in [0.05, 0.1) is 5.92 Å². The Morgan fingerprint density at radius 1 is 1.06 bits per heavy atom. The molecule has 0 aromatic heterocycles. The van der Waals surface area contributed by atoms with Crippen LogP contribution in [-0.2, 0) is 16.1 Å². The second-order valence-electron chi connectivity index (χ2n) is 9.84. The van der Waals surface area contributed by atoms with Gasteiger partial charge < -0.3 is 15.1 Å². The first-order valence-electron chi connectivity index (χ1n) is 12.2. The molecule has 2 amide bonds. The maximum Gasteiger partial charge on any atom is 0.230 e. The van der Waals surface area contributed by atoms with Crippen LogP contribution in [0.15, 0.2) is 48.5 Å². The van der Waals surface area contributed by atoms with E-state index in [4.69, 9.17) is 0 Å². The Balaban J connectivity index is 1.88. The van der Waals surface area contributed by atoms with E-state index in [1.807, 2.05) is 67.5 Å². The number of amides is 2. The molecule has 1 aliphatic rings. The fourth-order valence-electron chi connectivity index (χ4n) is 4.48. The first-order chi connectivity index (χ1) is 15.8. The van der Waals surface area contributed by atoms with Crippen molar-refractivity contribution in [1.82, 2.24) is 4.90 Å². The molecule has 1 aliphatic carbocycles. The van der Waals surface area contributed by atoms with Crippen molar-refractivity contribution >= 4 is 23.2 Å². The Morgan fingerprint density at radius 2 is 1.76 bits per heavy atom. The molecule has 1 atom stereocenters. The molecule has 2 aromatic carbocycles. The van der Waals surface area contributed by atoms with Crippen molar-refractivity contribution in [2.75, 3.05) is 30.9 Å². The molecule has 178 valence electrons. The minimum atomic E-state index is -0.158. The van der Waals surface area contributed by atoms with Crippen molar-refractivity contribution in [2.45, 2.75) is 58.9 Å². The number of anilines is 2. The van der Waals surface area contributed by atoms with Crippen molar-refractivity contribution in [3.8, 4) is 0 Å². The van der Waals surface area contributed by atoms with Crippen LogP contribution in [0.4, 0.5) is 11.4 Å². The van der Waals surface area contributed by atoms with Gasteiger partial charge in [0.1, 0.15) is 0 Å². The number of benzene rings is 2. The third kappa shape index (κ3) is 6.37. The molecule has 5 nitrogen and oxygen atoms in total. The summed E-state index contributed by atoms with van der Waals surface area (Å²) >= 11 is 0. The molecule has 0 radical (unpaired) electrons. The lowest BCUT2D eigenvalue weighted by Crippen LogP contribution is -2.37. The molecule has 0 bridgehead atoms. The third-order valence-corrected chi connectivity index (χ3v) is 6.47. The minimum absolute atomic E-state index is 0.107. The summed E-state index contributed by atoms with van der Waals surface area (Å²) in [5.74, 6) is 0.596. The molecule has 1 saturated carbocycles. The van der Waals surface area contributed by atoms with Crippen LogP contribution in [0.2, 0.25) is 0 Å². The number of rotatable bonds is 10. The average Bonchev–Trinajstić information content (AvgIpc) is 2.73. The molecule has 2 aromatic rings. The van der Waals surface area contributed by atoms with E-state index in [1.54, 1.807) is 0 Å². The van der Waals surface area contributed by atoms with Crippen LogP contribution in [0.5, 0.6) is 0 Å². The lowest BCUT2D eigenvalue weighted by molar-refractivity contribution is -0.134. The highest BCUT2D eigenvalue weighted by Crippen LogP contribution is 2.30. The van der Waals surface area contributed by atoms with Gasteiger partial charge in [-0.2, -0.15) is 0 Å². The monoisotopic (exact) mass is 449 g/mol. The quantitative estimate of drug-likeness (QED) is 0.508. The maximum absolute atomic E-state index is 13.7. The van der Waals surface area contributed by atoms with Crippen molar-refractivity contribution < 1.29 is 9.59 Å². The Kier molecular flexibility index (Phi) is 8.54. The van der Waals surface area contributed by atoms with E-state index < -0.39 is 0 Å². The summed E-state index contributed by atoms with van der Waals surface area (Å²) in [6, 6.07) is 16.1. The third-order valence-electron chi connectivity index (χ3n) is 6.47. The predicted octanol–water partition coefficient (Wildman–Crippen LogP) is 5.67. The van der Waals surface area contributed by atoms with E-state index >= 15 is 0 Å². The van der Waals surface area contributed by atoms with Gasteiger partial charge in [-0.15, -0.1) is 0 Å². The summed E-state index contributed by atoms with van der Waals surface area (Å²) in [4.78, 5) is 30.3. The topological polar surface area (TPSA) is 52.7 Å². The maximum atomic E-state index is 13.7. The van der Waals surface area contributed by atoms with Crippen molar-refractivity contribution in [3.63, 3.8) is 0 Å². The minimum Gasteiger partial charge on any atom is -0.377 e. The van der Waals surface area contributed by atoms with E-state index in [0.29, 0.717) is 19.0 Å². The number of nitrogens with zero attached hydrogens (tertiary/aromatic N) is 2. The molecule has 0 saturated heterocycles. The number of carbonyl (C=O) groups excluding carboxylic acids is 2. The largest absolute Gasteiger partial charge is 0.377 e. The number of hydrogen-bond donors (Lipinski definition) is 1. The van der Waals surface area contributed by atoms with Crippen LogP contribution < -0.4 is 10.2 Å². The SMILES string of the molecule is CC[C@H](C(=O)N(Cc1cc(NC(=O)C2CCC2)ccc1N(C)C)CC(C)C)c1ccccc1. The molecule has 5 heteroatoms. The first-order valence-corrected chi connectivity index (χ1v) is 12.2. The van der Waals surface area contributed by atoms with Crippen LogP contribution in [0.25, 0.3) is 0 Å².